The number of rotatable bonds is 4. The van der Waals surface area contributed by atoms with E-state index in [1.807, 2.05) is 30.3 Å². The van der Waals surface area contributed by atoms with Gasteiger partial charge in [-0.1, -0.05) is 46.3 Å². The molecule has 124 valence electrons. The predicted octanol–water partition coefficient (Wildman–Crippen LogP) is 4.03. The van der Waals surface area contributed by atoms with Crippen molar-refractivity contribution in [3.05, 3.63) is 60.2 Å². The van der Waals surface area contributed by atoms with Crippen LogP contribution in [0.25, 0.3) is 0 Å². The molecule has 1 aromatic carbocycles. The summed E-state index contributed by atoms with van der Waals surface area (Å²) in [6, 6.07) is 12.4. The lowest BCUT2D eigenvalue weighted by Gasteiger charge is -2.25. The van der Waals surface area contributed by atoms with Crippen molar-refractivity contribution in [2.24, 2.45) is 0 Å². The quantitative estimate of drug-likeness (QED) is 0.474. The van der Waals surface area contributed by atoms with Crippen LogP contribution in [-0.2, 0) is 6.54 Å². The number of aromatic nitrogens is 1. The molecule has 1 aliphatic heterocycles. The summed E-state index contributed by atoms with van der Waals surface area (Å²) in [4.78, 5) is 5.02. The lowest BCUT2D eigenvalue weighted by atomic mass is 10.2. The third kappa shape index (κ3) is 4.19. The Morgan fingerprint density at radius 1 is 1.22 bits per heavy atom. The van der Waals surface area contributed by atoms with E-state index < -0.39 is 12.2 Å². The van der Waals surface area contributed by atoms with Crippen LogP contribution in [0.3, 0.4) is 0 Å². The van der Waals surface area contributed by atoms with Crippen molar-refractivity contribution in [2.75, 3.05) is 4.90 Å². The van der Waals surface area contributed by atoms with E-state index in [9.17, 15) is 8.78 Å². The number of nitrogens with zero attached hydrogens (tertiary/aromatic N) is 2. The molecule has 2 unspecified atom stereocenters. The summed E-state index contributed by atoms with van der Waals surface area (Å²) in [7, 11) is 0. The summed E-state index contributed by atoms with van der Waals surface area (Å²) in [5.74, 6) is -0.566. The van der Waals surface area contributed by atoms with E-state index in [0.29, 0.717) is 18.7 Å². The van der Waals surface area contributed by atoms with Gasteiger partial charge in [-0.3, -0.25) is 0 Å². The Morgan fingerprint density at radius 3 is 2.61 bits per heavy atom. The number of benzene rings is 1. The zero-order valence-electron chi connectivity index (χ0n) is 12.2. The average Bonchev–Trinajstić information content (AvgIpc) is 2.82. The molecule has 0 amide bonds. The number of pyridine rings is 1. The van der Waals surface area contributed by atoms with Crippen molar-refractivity contribution in [3.63, 3.8) is 0 Å². The Kier molecular flexibility index (Phi) is 6.33. The standard InChI is InChI=1S/C16H16BrF2N3.ClH/c17-14-8-13(20-9-11-4-2-1-3-5-11)16(19)22(14)12-6-7-15(18)21-10-12;/h1-7,10,13-14,16,20H,8-9H2;1H/t13?,14-,16?;/m1./s1. The molecular formula is C16H17BrClF2N3. The number of alkyl halides is 2. The van der Waals surface area contributed by atoms with Gasteiger partial charge in [0.25, 0.3) is 0 Å². The second kappa shape index (κ2) is 8.04. The minimum Gasteiger partial charge on any atom is -0.326 e. The molecule has 3 rings (SSSR count). The third-order valence-corrected chi connectivity index (χ3v) is 4.58. The van der Waals surface area contributed by atoms with E-state index in [4.69, 9.17) is 0 Å². The van der Waals surface area contributed by atoms with E-state index in [0.717, 1.165) is 5.56 Å². The first-order valence-electron chi connectivity index (χ1n) is 7.10. The number of hydrogen-bond donors (Lipinski definition) is 1. The van der Waals surface area contributed by atoms with Gasteiger partial charge in [0, 0.05) is 6.54 Å². The second-order valence-corrected chi connectivity index (χ2v) is 6.32. The number of hydrogen-bond acceptors (Lipinski definition) is 3. The summed E-state index contributed by atoms with van der Waals surface area (Å²) in [5.41, 5.74) is 1.68. The van der Waals surface area contributed by atoms with E-state index in [2.05, 4.69) is 26.2 Å². The van der Waals surface area contributed by atoms with Gasteiger partial charge in [0.2, 0.25) is 5.95 Å². The van der Waals surface area contributed by atoms with Crippen LogP contribution in [0.4, 0.5) is 14.5 Å². The second-order valence-electron chi connectivity index (χ2n) is 5.26. The fourth-order valence-electron chi connectivity index (χ4n) is 2.63. The zero-order chi connectivity index (χ0) is 15.5. The maximum absolute atomic E-state index is 14.7. The Labute approximate surface area is 148 Å². The Bertz CT molecular complexity index is 614. The molecule has 23 heavy (non-hydrogen) atoms. The highest BCUT2D eigenvalue weighted by Gasteiger charge is 2.40. The fourth-order valence-corrected chi connectivity index (χ4v) is 3.50. The SMILES string of the molecule is Cl.Fc1ccc(N2C(F)C(NCc3ccccc3)C[C@@H]2Br)cn1. The molecule has 3 atom stereocenters. The molecular weight excluding hydrogens is 388 g/mol. The third-order valence-electron chi connectivity index (χ3n) is 3.77. The van der Waals surface area contributed by atoms with Crippen molar-refractivity contribution in [1.82, 2.24) is 10.3 Å². The topological polar surface area (TPSA) is 28.2 Å². The molecule has 1 saturated heterocycles. The molecule has 7 heteroatoms. The van der Waals surface area contributed by atoms with Gasteiger partial charge in [-0.05, 0) is 24.1 Å². The predicted molar refractivity (Wildman–Crippen MR) is 93.2 cm³/mol. The first kappa shape index (κ1) is 18.1. The van der Waals surface area contributed by atoms with Crippen LogP contribution in [0.15, 0.2) is 48.7 Å². The van der Waals surface area contributed by atoms with E-state index in [-0.39, 0.29) is 23.4 Å². The Morgan fingerprint density at radius 2 is 1.96 bits per heavy atom. The molecule has 1 fully saturated rings. The van der Waals surface area contributed by atoms with Gasteiger partial charge >= 0.3 is 0 Å². The van der Waals surface area contributed by atoms with E-state index in [1.165, 1.54) is 12.3 Å². The van der Waals surface area contributed by atoms with Crippen LogP contribution >= 0.6 is 28.3 Å². The Hall–Kier alpha value is -1.24. The number of nitrogens with one attached hydrogen (secondary N) is 1. The highest BCUT2D eigenvalue weighted by molar-refractivity contribution is 9.09. The lowest BCUT2D eigenvalue weighted by molar-refractivity contribution is 0.280. The zero-order valence-corrected chi connectivity index (χ0v) is 14.6. The molecule has 0 radical (unpaired) electrons. The minimum atomic E-state index is -1.19. The molecule has 1 aromatic heterocycles. The maximum Gasteiger partial charge on any atom is 0.212 e. The van der Waals surface area contributed by atoms with Crippen LogP contribution in [-0.4, -0.2) is 22.3 Å². The molecule has 0 bridgehead atoms. The van der Waals surface area contributed by atoms with Crippen LogP contribution in [0.2, 0.25) is 0 Å². The maximum atomic E-state index is 14.7. The largest absolute Gasteiger partial charge is 0.326 e. The smallest absolute Gasteiger partial charge is 0.212 e. The van der Waals surface area contributed by atoms with Crippen LogP contribution < -0.4 is 10.2 Å². The van der Waals surface area contributed by atoms with E-state index >= 15 is 0 Å². The molecule has 1 N–H and O–H groups in total. The van der Waals surface area contributed by atoms with Crippen molar-refractivity contribution >= 4 is 34.0 Å². The molecule has 2 aromatic rings. The van der Waals surface area contributed by atoms with Crippen LogP contribution in [0.5, 0.6) is 0 Å². The van der Waals surface area contributed by atoms with Crippen molar-refractivity contribution < 1.29 is 8.78 Å². The van der Waals surface area contributed by atoms with Crippen molar-refractivity contribution in [3.8, 4) is 0 Å². The van der Waals surface area contributed by atoms with Crippen molar-refractivity contribution in [2.45, 2.75) is 30.3 Å². The molecule has 0 spiro atoms. The highest BCUT2D eigenvalue weighted by atomic mass is 79.9. The van der Waals surface area contributed by atoms with Gasteiger partial charge in [-0.2, -0.15) is 4.39 Å². The molecule has 0 saturated carbocycles. The summed E-state index contributed by atoms with van der Waals surface area (Å²) in [6.45, 7) is 0.612. The Balaban J connectivity index is 0.00000192. The van der Waals surface area contributed by atoms with Crippen LogP contribution in [0.1, 0.15) is 12.0 Å². The molecule has 3 nitrogen and oxygen atoms in total. The molecule has 1 aliphatic rings. The molecule has 0 aliphatic carbocycles. The van der Waals surface area contributed by atoms with Crippen molar-refractivity contribution in [1.29, 1.82) is 0 Å². The fraction of sp³-hybridized carbons (Fsp3) is 0.312. The summed E-state index contributed by atoms with van der Waals surface area (Å²) < 4.78 is 27.6. The first-order valence-corrected chi connectivity index (χ1v) is 8.02. The van der Waals surface area contributed by atoms with Gasteiger partial charge in [-0.25, -0.2) is 9.37 Å². The highest BCUT2D eigenvalue weighted by Crippen LogP contribution is 2.34. The monoisotopic (exact) mass is 403 g/mol. The van der Waals surface area contributed by atoms with Crippen LogP contribution in [0, 0.1) is 5.95 Å². The molecule has 2 heterocycles. The number of halogens is 4. The normalized spacial score (nSPS) is 23.6. The lowest BCUT2D eigenvalue weighted by Crippen LogP contribution is -2.40. The van der Waals surface area contributed by atoms with Gasteiger partial charge < -0.3 is 10.2 Å². The summed E-state index contributed by atoms with van der Waals surface area (Å²) >= 11 is 3.49. The first-order chi connectivity index (χ1) is 10.6. The van der Waals surface area contributed by atoms with Gasteiger partial charge in [0.15, 0.2) is 6.30 Å². The van der Waals surface area contributed by atoms with Gasteiger partial charge in [0.1, 0.15) is 0 Å². The van der Waals surface area contributed by atoms with Gasteiger partial charge in [-0.15, -0.1) is 12.4 Å². The minimum absolute atomic E-state index is 0. The average molecular weight is 405 g/mol. The summed E-state index contributed by atoms with van der Waals surface area (Å²) in [5, 5.41) is 3.25. The summed E-state index contributed by atoms with van der Waals surface area (Å²) in [6.07, 6.45) is 0.779. The van der Waals surface area contributed by atoms with E-state index in [1.54, 1.807) is 11.0 Å². The van der Waals surface area contributed by atoms with Gasteiger partial charge in [0.05, 0.1) is 22.9 Å². The number of anilines is 1.